The summed E-state index contributed by atoms with van der Waals surface area (Å²) in [6, 6.07) is 8.03. The van der Waals surface area contributed by atoms with Crippen molar-refractivity contribution in [3.05, 3.63) is 46.4 Å². The van der Waals surface area contributed by atoms with Crippen molar-refractivity contribution < 1.29 is 14.1 Å². The number of hydrogen-bond donors (Lipinski definition) is 1. The molecule has 1 aliphatic rings. The third kappa shape index (κ3) is 5.14. The van der Waals surface area contributed by atoms with Gasteiger partial charge in [-0.25, -0.2) is 9.78 Å². The number of benzene rings is 1. The van der Waals surface area contributed by atoms with Gasteiger partial charge in [-0.15, -0.1) is 0 Å². The van der Waals surface area contributed by atoms with Gasteiger partial charge in [0, 0.05) is 18.1 Å². The predicted octanol–water partition coefficient (Wildman–Crippen LogP) is 4.08. The number of halogens is 1. The smallest absolute Gasteiger partial charge is 0.376 e. The van der Waals surface area contributed by atoms with E-state index < -0.39 is 5.97 Å². The number of piperidine rings is 1. The summed E-state index contributed by atoms with van der Waals surface area (Å²) >= 11 is 6.10. The lowest BCUT2D eigenvalue weighted by molar-refractivity contribution is 0.0512. The van der Waals surface area contributed by atoms with Crippen LogP contribution in [0.5, 0.6) is 0 Å². The molecule has 8 nitrogen and oxygen atoms in total. The van der Waals surface area contributed by atoms with Gasteiger partial charge >= 0.3 is 5.97 Å². The average molecular weight is 444 g/mol. The van der Waals surface area contributed by atoms with Gasteiger partial charge in [-0.1, -0.05) is 28.9 Å². The zero-order valence-corrected chi connectivity index (χ0v) is 18.5. The Labute approximate surface area is 185 Å². The average Bonchev–Trinajstić information content (AvgIpc) is 3.14. The molecule has 31 heavy (non-hydrogen) atoms. The van der Waals surface area contributed by atoms with Crippen molar-refractivity contribution in [1.82, 2.24) is 20.0 Å². The molecule has 164 valence electrons. The van der Waals surface area contributed by atoms with Gasteiger partial charge in [-0.2, -0.15) is 4.98 Å². The molecule has 0 aliphatic carbocycles. The summed E-state index contributed by atoms with van der Waals surface area (Å²) in [5.41, 5.74) is 2.21. The molecule has 9 heteroatoms. The van der Waals surface area contributed by atoms with Gasteiger partial charge in [0.25, 0.3) is 5.71 Å². The Hall–Kier alpha value is -2.71. The van der Waals surface area contributed by atoms with Crippen LogP contribution < -0.4 is 5.32 Å². The molecule has 2 aromatic heterocycles. The minimum atomic E-state index is -0.573. The first kappa shape index (κ1) is 21.5. The summed E-state index contributed by atoms with van der Waals surface area (Å²) in [7, 11) is 0. The molecule has 1 N–H and O–H groups in total. The van der Waals surface area contributed by atoms with E-state index in [0.29, 0.717) is 22.8 Å². The maximum absolute atomic E-state index is 12.1. The van der Waals surface area contributed by atoms with E-state index in [-0.39, 0.29) is 18.1 Å². The van der Waals surface area contributed by atoms with E-state index in [2.05, 4.69) is 31.4 Å². The Balaban J connectivity index is 1.38. The maximum Gasteiger partial charge on any atom is 0.376 e. The molecule has 0 amide bonds. The minimum Gasteiger partial charge on any atom is -0.460 e. The second-order valence-electron chi connectivity index (χ2n) is 7.79. The largest absolute Gasteiger partial charge is 0.460 e. The maximum atomic E-state index is 12.1. The third-order valence-corrected chi connectivity index (χ3v) is 5.76. The predicted molar refractivity (Wildman–Crippen MR) is 118 cm³/mol. The first-order valence-corrected chi connectivity index (χ1v) is 10.9. The number of esters is 1. The monoisotopic (exact) mass is 443 g/mol. The first-order valence-electron chi connectivity index (χ1n) is 10.5. The summed E-state index contributed by atoms with van der Waals surface area (Å²) in [6.45, 7) is 7.55. The number of aryl methyl sites for hydroxylation is 1. The number of likely N-dealkylation sites (tertiary alicyclic amines) is 1. The molecular formula is C22H26ClN5O3. The van der Waals surface area contributed by atoms with Crippen LogP contribution in [-0.2, 0) is 11.3 Å². The Kier molecular flexibility index (Phi) is 6.67. The number of aromatic nitrogens is 3. The van der Waals surface area contributed by atoms with E-state index in [4.69, 9.17) is 20.9 Å². The van der Waals surface area contributed by atoms with Gasteiger partial charge in [-0.3, -0.25) is 4.90 Å². The molecular weight excluding hydrogens is 418 g/mol. The highest BCUT2D eigenvalue weighted by molar-refractivity contribution is 6.30. The van der Waals surface area contributed by atoms with Crippen molar-refractivity contribution in [3.8, 4) is 0 Å². The van der Waals surface area contributed by atoms with Crippen molar-refractivity contribution in [2.75, 3.05) is 31.6 Å². The van der Waals surface area contributed by atoms with Crippen LogP contribution in [0.2, 0.25) is 5.02 Å². The number of carbonyl (C=O) groups is 1. The zero-order chi connectivity index (χ0) is 21.8. The molecule has 0 radical (unpaired) electrons. The molecule has 0 bridgehead atoms. The van der Waals surface area contributed by atoms with Crippen molar-refractivity contribution in [3.63, 3.8) is 0 Å². The van der Waals surface area contributed by atoms with Crippen LogP contribution in [0.4, 0.5) is 5.82 Å². The number of anilines is 1. The Morgan fingerprint density at radius 1 is 1.32 bits per heavy atom. The van der Waals surface area contributed by atoms with E-state index in [1.165, 1.54) is 5.56 Å². The van der Waals surface area contributed by atoms with E-state index in [0.717, 1.165) is 44.0 Å². The van der Waals surface area contributed by atoms with Gasteiger partial charge < -0.3 is 14.6 Å². The highest BCUT2D eigenvalue weighted by Crippen LogP contribution is 2.26. The Morgan fingerprint density at radius 3 is 2.87 bits per heavy atom. The van der Waals surface area contributed by atoms with Gasteiger partial charge in [0.1, 0.15) is 11.2 Å². The van der Waals surface area contributed by atoms with Crippen LogP contribution in [0.15, 0.2) is 28.8 Å². The molecule has 0 atom stereocenters. The fraction of sp³-hybridized carbons (Fsp3) is 0.455. The standard InChI is InChI=1S/C22H26ClN5O3/c1-3-30-22(29)20-25-19(18-14(2)27-31-21(18)26-20)24-12-15-7-9-28(10-8-15)13-16-5-4-6-17(23)11-16/h4-6,11,15H,3,7-10,12-13H2,1-2H3,(H,24,25,26). The number of ether oxygens (including phenoxy) is 1. The van der Waals surface area contributed by atoms with E-state index in [1.54, 1.807) is 6.92 Å². The minimum absolute atomic E-state index is 0.0238. The molecule has 1 aliphatic heterocycles. The van der Waals surface area contributed by atoms with Gasteiger partial charge in [0.05, 0.1) is 12.3 Å². The zero-order valence-electron chi connectivity index (χ0n) is 17.7. The molecule has 1 aromatic carbocycles. The van der Waals surface area contributed by atoms with Crippen LogP contribution in [-0.4, -0.2) is 52.2 Å². The lowest BCUT2D eigenvalue weighted by Crippen LogP contribution is -2.35. The summed E-state index contributed by atoms with van der Waals surface area (Å²) in [5, 5.41) is 8.84. The molecule has 0 unspecified atom stereocenters. The van der Waals surface area contributed by atoms with Crippen LogP contribution >= 0.6 is 11.6 Å². The normalized spacial score (nSPS) is 15.3. The first-order chi connectivity index (χ1) is 15.0. The summed E-state index contributed by atoms with van der Waals surface area (Å²) < 4.78 is 10.3. The van der Waals surface area contributed by atoms with Crippen LogP contribution in [0.1, 0.15) is 41.6 Å². The summed E-state index contributed by atoms with van der Waals surface area (Å²) in [6.07, 6.45) is 2.16. The quantitative estimate of drug-likeness (QED) is 0.546. The van der Waals surface area contributed by atoms with Crippen molar-refractivity contribution >= 4 is 34.5 Å². The number of carbonyl (C=O) groups excluding carboxylic acids is 1. The third-order valence-electron chi connectivity index (χ3n) is 5.53. The van der Waals surface area contributed by atoms with Gasteiger partial charge in [0.2, 0.25) is 5.82 Å². The van der Waals surface area contributed by atoms with Crippen molar-refractivity contribution in [1.29, 1.82) is 0 Å². The van der Waals surface area contributed by atoms with E-state index in [1.807, 2.05) is 25.1 Å². The molecule has 1 saturated heterocycles. The number of fused-ring (bicyclic) bond motifs is 1. The second kappa shape index (κ2) is 9.62. The summed E-state index contributed by atoms with van der Waals surface area (Å²) in [5.74, 6) is 0.472. The molecule has 0 saturated carbocycles. The van der Waals surface area contributed by atoms with Gasteiger partial charge in [0.15, 0.2) is 0 Å². The topological polar surface area (TPSA) is 93.4 Å². The van der Waals surface area contributed by atoms with E-state index in [9.17, 15) is 4.79 Å². The fourth-order valence-electron chi connectivity index (χ4n) is 3.89. The van der Waals surface area contributed by atoms with Crippen LogP contribution in [0.3, 0.4) is 0 Å². The number of rotatable bonds is 7. The van der Waals surface area contributed by atoms with Crippen LogP contribution in [0, 0.1) is 12.8 Å². The molecule has 3 heterocycles. The second-order valence-corrected chi connectivity index (χ2v) is 8.23. The van der Waals surface area contributed by atoms with Crippen LogP contribution in [0.25, 0.3) is 11.1 Å². The number of hydrogen-bond acceptors (Lipinski definition) is 8. The summed E-state index contributed by atoms with van der Waals surface area (Å²) in [4.78, 5) is 23.1. The molecule has 4 rings (SSSR count). The highest BCUT2D eigenvalue weighted by Gasteiger charge is 2.22. The number of nitrogens with zero attached hydrogens (tertiary/aromatic N) is 4. The van der Waals surface area contributed by atoms with Crippen molar-refractivity contribution in [2.45, 2.75) is 33.2 Å². The fourth-order valence-corrected chi connectivity index (χ4v) is 4.10. The van der Waals surface area contributed by atoms with E-state index >= 15 is 0 Å². The number of nitrogens with one attached hydrogen (secondary N) is 1. The van der Waals surface area contributed by atoms with Gasteiger partial charge in [-0.05, 0) is 63.4 Å². The van der Waals surface area contributed by atoms with Crippen molar-refractivity contribution in [2.24, 2.45) is 5.92 Å². The highest BCUT2D eigenvalue weighted by atomic mass is 35.5. The molecule has 0 spiro atoms. The lowest BCUT2D eigenvalue weighted by Gasteiger charge is -2.32. The SMILES string of the molecule is CCOC(=O)c1nc(NCC2CCN(Cc3cccc(Cl)c3)CC2)c2c(C)noc2n1. The lowest BCUT2D eigenvalue weighted by atomic mass is 9.96. The molecule has 1 fully saturated rings. The molecule has 3 aromatic rings. The Bertz CT molecular complexity index is 1060. The Morgan fingerprint density at radius 2 is 2.13 bits per heavy atom.